The van der Waals surface area contributed by atoms with E-state index in [2.05, 4.69) is 23.5 Å². The SMILES string of the molecule is C[C@@]1(CC(=O)O)C[C@H](c2cccc(Cl)c2)[C@H](C[C@@](c2ccc(Cl)cc2)(c2ccccn2)C2CC2)NC1=O. The maximum Gasteiger partial charge on any atom is 0.304 e. The summed E-state index contributed by atoms with van der Waals surface area (Å²) in [7, 11) is 0. The molecule has 0 radical (unpaired) electrons. The molecule has 192 valence electrons. The highest BCUT2D eigenvalue weighted by Gasteiger charge is 2.53. The van der Waals surface area contributed by atoms with Gasteiger partial charge in [0.05, 0.1) is 17.5 Å². The number of halogens is 2. The van der Waals surface area contributed by atoms with Crippen molar-refractivity contribution in [1.82, 2.24) is 10.3 Å². The van der Waals surface area contributed by atoms with Gasteiger partial charge in [-0.1, -0.05) is 60.5 Å². The maximum absolute atomic E-state index is 13.5. The zero-order valence-electron chi connectivity index (χ0n) is 20.7. The van der Waals surface area contributed by atoms with E-state index >= 15 is 0 Å². The van der Waals surface area contributed by atoms with Crippen LogP contribution in [0.15, 0.2) is 72.9 Å². The summed E-state index contributed by atoms with van der Waals surface area (Å²) in [6.45, 7) is 1.75. The molecule has 0 bridgehead atoms. The molecule has 5 rings (SSSR count). The molecule has 1 aliphatic heterocycles. The number of piperidine rings is 1. The van der Waals surface area contributed by atoms with Gasteiger partial charge in [0.15, 0.2) is 0 Å². The Balaban J connectivity index is 1.62. The Kier molecular flexibility index (Phi) is 7.03. The van der Waals surface area contributed by atoms with Gasteiger partial charge in [-0.15, -0.1) is 0 Å². The van der Waals surface area contributed by atoms with Crippen molar-refractivity contribution in [2.45, 2.75) is 56.4 Å². The fourth-order valence-electron chi connectivity index (χ4n) is 6.21. The molecule has 1 saturated heterocycles. The lowest BCUT2D eigenvalue weighted by atomic mass is 9.63. The van der Waals surface area contributed by atoms with Crippen LogP contribution in [0.4, 0.5) is 0 Å². The number of carboxylic acid groups (broad SMARTS) is 1. The molecule has 1 aromatic heterocycles. The van der Waals surface area contributed by atoms with Crippen LogP contribution in [0, 0.1) is 11.3 Å². The highest BCUT2D eigenvalue weighted by atomic mass is 35.5. The van der Waals surface area contributed by atoms with Crippen LogP contribution in [0.5, 0.6) is 0 Å². The number of rotatable bonds is 8. The first-order chi connectivity index (χ1) is 17.7. The Bertz CT molecular complexity index is 1300. The molecule has 1 amide bonds. The van der Waals surface area contributed by atoms with Crippen LogP contribution >= 0.6 is 23.2 Å². The van der Waals surface area contributed by atoms with Crippen molar-refractivity contribution in [3.63, 3.8) is 0 Å². The number of carboxylic acids is 1. The Morgan fingerprint density at radius 3 is 2.46 bits per heavy atom. The van der Waals surface area contributed by atoms with Gasteiger partial charge in [-0.05, 0) is 79.1 Å². The van der Waals surface area contributed by atoms with Gasteiger partial charge in [-0.3, -0.25) is 14.6 Å². The van der Waals surface area contributed by atoms with Crippen LogP contribution in [0.25, 0.3) is 0 Å². The molecule has 2 aromatic carbocycles. The summed E-state index contributed by atoms with van der Waals surface area (Å²) in [4.78, 5) is 30.0. The molecule has 2 fully saturated rings. The zero-order chi connectivity index (χ0) is 26.2. The van der Waals surface area contributed by atoms with Crippen molar-refractivity contribution < 1.29 is 14.7 Å². The van der Waals surface area contributed by atoms with E-state index in [9.17, 15) is 14.7 Å². The number of amides is 1. The van der Waals surface area contributed by atoms with E-state index in [1.807, 2.05) is 54.7 Å². The number of carbonyl (C=O) groups excluding carboxylic acids is 1. The highest BCUT2D eigenvalue weighted by molar-refractivity contribution is 6.30. The molecule has 2 heterocycles. The first-order valence-electron chi connectivity index (χ1n) is 12.7. The largest absolute Gasteiger partial charge is 0.481 e. The summed E-state index contributed by atoms with van der Waals surface area (Å²) in [6, 6.07) is 21.4. The Labute approximate surface area is 227 Å². The zero-order valence-corrected chi connectivity index (χ0v) is 22.2. The van der Waals surface area contributed by atoms with Gasteiger partial charge >= 0.3 is 5.97 Å². The number of nitrogens with one attached hydrogen (secondary N) is 1. The number of aliphatic carboxylic acids is 1. The van der Waals surface area contributed by atoms with E-state index in [1.165, 1.54) is 0 Å². The summed E-state index contributed by atoms with van der Waals surface area (Å²) in [5, 5.41) is 14.1. The summed E-state index contributed by atoms with van der Waals surface area (Å²) in [5.41, 5.74) is 1.63. The summed E-state index contributed by atoms with van der Waals surface area (Å²) in [5.74, 6) is -0.953. The fourth-order valence-corrected chi connectivity index (χ4v) is 6.53. The first-order valence-corrected chi connectivity index (χ1v) is 13.4. The minimum Gasteiger partial charge on any atom is -0.481 e. The number of nitrogens with zero attached hydrogens (tertiary/aromatic N) is 1. The fraction of sp³-hybridized carbons (Fsp3) is 0.367. The minimum absolute atomic E-state index is 0.116. The van der Waals surface area contributed by atoms with E-state index in [1.54, 1.807) is 6.92 Å². The molecule has 3 aromatic rings. The van der Waals surface area contributed by atoms with E-state index < -0.39 is 16.8 Å². The predicted octanol–water partition coefficient (Wildman–Crippen LogP) is 6.63. The molecular weight excluding hydrogens is 507 g/mol. The first kappa shape index (κ1) is 25.7. The van der Waals surface area contributed by atoms with Crippen LogP contribution in [0.3, 0.4) is 0 Å². The second-order valence-electron chi connectivity index (χ2n) is 10.7. The van der Waals surface area contributed by atoms with Gasteiger partial charge in [0.1, 0.15) is 0 Å². The quantitative estimate of drug-likeness (QED) is 0.338. The lowest BCUT2D eigenvalue weighted by molar-refractivity contribution is -0.147. The van der Waals surface area contributed by atoms with Crippen LogP contribution in [0.2, 0.25) is 10.0 Å². The predicted molar refractivity (Wildman–Crippen MR) is 145 cm³/mol. The Morgan fingerprint density at radius 2 is 1.84 bits per heavy atom. The van der Waals surface area contributed by atoms with Crippen LogP contribution in [-0.4, -0.2) is 28.0 Å². The van der Waals surface area contributed by atoms with Crippen molar-refractivity contribution in [2.75, 3.05) is 0 Å². The molecule has 5 nitrogen and oxygen atoms in total. The second-order valence-corrected chi connectivity index (χ2v) is 11.6. The smallest absolute Gasteiger partial charge is 0.304 e. The third kappa shape index (κ3) is 5.12. The number of hydrogen-bond acceptors (Lipinski definition) is 3. The molecular formula is C30H30Cl2N2O3. The van der Waals surface area contributed by atoms with Gasteiger partial charge in [0.25, 0.3) is 0 Å². The van der Waals surface area contributed by atoms with Crippen molar-refractivity contribution in [3.8, 4) is 0 Å². The number of benzene rings is 2. The van der Waals surface area contributed by atoms with Crippen LogP contribution in [0.1, 0.15) is 61.8 Å². The molecule has 37 heavy (non-hydrogen) atoms. The van der Waals surface area contributed by atoms with Gasteiger partial charge in [-0.2, -0.15) is 0 Å². The third-order valence-electron chi connectivity index (χ3n) is 8.14. The van der Waals surface area contributed by atoms with Crippen LogP contribution < -0.4 is 5.32 Å². The topological polar surface area (TPSA) is 79.3 Å². The maximum atomic E-state index is 13.5. The molecule has 0 spiro atoms. The van der Waals surface area contributed by atoms with Gasteiger partial charge < -0.3 is 10.4 Å². The standard InChI is InChI=1S/C30H30Cl2N2O3/c1-29(18-27(35)36)16-24(19-5-4-6-23(32)15-19)25(34-28(29)37)17-30(20-8-9-20,26-7-2-3-14-33-26)21-10-12-22(31)13-11-21/h2-7,10-15,20,24-25H,8-9,16-18H2,1H3,(H,34,37)(H,35,36)/t24-,25+,29+,30-/m1/s1. The van der Waals surface area contributed by atoms with Crippen molar-refractivity contribution >= 4 is 35.1 Å². The summed E-state index contributed by atoms with van der Waals surface area (Å²) in [6.07, 6.45) is 4.77. The van der Waals surface area contributed by atoms with E-state index in [4.69, 9.17) is 28.2 Å². The lowest BCUT2D eigenvalue weighted by Gasteiger charge is -2.46. The third-order valence-corrected chi connectivity index (χ3v) is 8.62. The molecule has 4 atom stereocenters. The Morgan fingerprint density at radius 1 is 1.08 bits per heavy atom. The molecule has 1 saturated carbocycles. The molecule has 7 heteroatoms. The number of carbonyl (C=O) groups is 2. The summed E-state index contributed by atoms with van der Waals surface area (Å²) < 4.78 is 0. The van der Waals surface area contributed by atoms with Gasteiger partial charge in [0.2, 0.25) is 5.91 Å². The average Bonchev–Trinajstić information content (AvgIpc) is 3.71. The second kappa shape index (κ2) is 10.1. The summed E-state index contributed by atoms with van der Waals surface area (Å²) >= 11 is 12.7. The van der Waals surface area contributed by atoms with Crippen molar-refractivity contribution in [1.29, 1.82) is 0 Å². The highest BCUT2D eigenvalue weighted by Crippen LogP contribution is 2.55. The van der Waals surface area contributed by atoms with Crippen molar-refractivity contribution in [3.05, 3.63) is 99.8 Å². The monoisotopic (exact) mass is 536 g/mol. The molecule has 2 N–H and O–H groups in total. The number of hydrogen-bond donors (Lipinski definition) is 2. The normalized spacial score (nSPS) is 25.2. The van der Waals surface area contributed by atoms with E-state index in [0.717, 1.165) is 29.7 Å². The van der Waals surface area contributed by atoms with E-state index in [-0.39, 0.29) is 24.3 Å². The van der Waals surface area contributed by atoms with Crippen LogP contribution in [-0.2, 0) is 15.0 Å². The average molecular weight is 537 g/mol. The molecule has 2 aliphatic rings. The molecule has 0 unspecified atom stereocenters. The Hall–Kier alpha value is -2.89. The minimum atomic E-state index is -1.02. The lowest BCUT2D eigenvalue weighted by Crippen LogP contribution is -2.56. The van der Waals surface area contributed by atoms with Gasteiger partial charge in [0, 0.05) is 33.6 Å². The number of pyridine rings is 1. The van der Waals surface area contributed by atoms with Crippen molar-refractivity contribution in [2.24, 2.45) is 11.3 Å². The van der Waals surface area contributed by atoms with E-state index in [0.29, 0.717) is 28.8 Å². The number of aromatic nitrogens is 1. The van der Waals surface area contributed by atoms with Gasteiger partial charge in [-0.25, -0.2) is 0 Å². The molecule has 1 aliphatic carbocycles.